The molecule has 0 aliphatic heterocycles. The molecule has 0 spiro atoms. The van der Waals surface area contributed by atoms with Gasteiger partial charge in [0.05, 0.1) is 27.7 Å². The fourth-order valence-electron chi connectivity index (χ4n) is 3.32. The molecule has 0 aromatic carbocycles. The van der Waals surface area contributed by atoms with E-state index >= 15 is 0 Å². The lowest BCUT2D eigenvalue weighted by molar-refractivity contribution is 0.0760. The molecule has 4 heterocycles. The van der Waals surface area contributed by atoms with Crippen molar-refractivity contribution in [1.29, 1.82) is 0 Å². The van der Waals surface area contributed by atoms with Crippen molar-refractivity contribution in [2.45, 2.75) is 38.8 Å². The molecule has 33 heavy (non-hydrogen) atoms. The molecule has 5 rings (SSSR count). The number of carbonyl (C=O) groups excluding carboxylic acids is 1. The highest BCUT2D eigenvalue weighted by Gasteiger charge is 2.21. The SMILES string of the molecule is CC(C)N(C)C(=O)c1ccc(-c2cc(=NC3CC3)n3nc/c(=C\c4[nH]c(=O)[nH]c4O)c3n2)s1. The molecule has 0 radical (unpaired) electrons. The molecule has 4 aromatic heterocycles. The van der Waals surface area contributed by atoms with Gasteiger partial charge in [-0.1, -0.05) is 0 Å². The lowest BCUT2D eigenvalue weighted by Gasteiger charge is -2.20. The molecule has 170 valence electrons. The van der Waals surface area contributed by atoms with Crippen LogP contribution < -0.4 is 16.4 Å². The third-order valence-corrected chi connectivity index (χ3v) is 6.64. The standard InChI is InChI=1S/C22H23N7O3S/c1-11(2)28(3)21(31)17-7-6-16(33-17)14-9-18(24-13-4-5-13)29-19(25-14)12(10-23-29)8-15-20(30)27-22(32)26-15/h6-11,13,30H,4-5H2,1-3H3,(H2,26,27,32)/b12-8+,24-18?. The third-order valence-electron chi connectivity index (χ3n) is 5.54. The van der Waals surface area contributed by atoms with Crippen LogP contribution >= 0.6 is 11.3 Å². The van der Waals surface area contributed by atoms with Crippen molar-refractivity contribution in [1.82, 2.24) is 29.5 Å². The molecule has 0 saturated heterocycles. The Balaban J connectivity index is 1.65. The van der Waals surface area contributed by atoms with E-state index in [2.05, 4.69) is 15.1 Å². The number of rotatable bonds is 5. The number of aromatic amines is 2. The average Bonchev–Trinajstić information content (AvgIpc) is 3.17. The van der Waals surface area contributed by atoms with Crippen molar-refractivity contribution in [3.05, 3.63) is 56.2 Å². The maximum absolute atomic E-state index is 12.7. The van der Waals surface area contributed by atoms with Gasteiger partial charge in [-0.15, -0.1) is 11.3 Å². The molecular formula is C22H23N7O3S. The summed E-state index contributed by atoms with van der Waals surface area (Å²) < 4.78 is 1.65. The van der Waals surface area contributed by atoms with Gasteiger partial charge in [0, 0.05) is 24.4 Å². The van der Waals surface area contributed by atoms with Crippen LogP contribution in [0.15, 0.2) is 34.2 Å². The van der Waals surface area contributed by atoms with Crippen molar-refractivity contribution in [3.8, 4) is 16.5 Å². The number of aromatic hydroxyl groups is 1. The van der Waals surface area contributed by atoms with Crippen molar-refractivity contribution < 1.29 is 9.90 Å². The lowest BCUT2D eigenvalue weighted by atomic mass is 10.3. The van der Waals surface area contributed by atoms with Crippen LogP contribution in [0, 0.1) is 0 Å². The zero-order valence-corrected chi connectivity index (χ0v) is 19.2. The first-order chi connectivity index (χ1) is 15.8. The molecule has 0 unspecified atom stereocenters. The predicted molar refractivity (Wildman–Crippen MR) is 124 cm³/mol. The molecule has 11 heteroatoms. The largest absolute Gasteiger partial charge is 0.493 e. The van der Waals surface area contributed by atoms with Gasteiger partial charge in [0.1, 0.15) is 5.69 Å². The summed E-state index contributed by atoms with van der Waals surface area (Å²) in [5.41, 5.74) is 1.62. The molecule has 4 aromatic rings. The smallest absolute Gasteiger partial charge is 0.326 e. The molecule has 0 atom stereocenters. The van der Waals surface area contributed by atoms with Crippen LogP contribution in [0.2, 0.25) is 0 Å². The Morgan fingerprint density at radius 1 is 1.36 bits per heavy atom. The Kier molecular flexibility index (Phi) is 5.12. The fraction of sp³-hybridized carbons (Fsp3) is 0.318. The number of amides is 1. The number of nitrogens with zero attached hydrogens (tertiary/aromatic N) is 5. The number of H-pyrrole nitrogens is 2. The zero-order valence-electron chi connectivity index (χ0n) is 18.4. The number of aromatic nitrogens is 5. The van der Waals surface area contributed by atoms with E-state index in [0.717, 1.165) is 17.7 Å². The van der Waals surface area contributed by atoms with Crippen LogP contribution in [0.3, 0.4) is 0 Å². The number of carbonyl (C=O) groups is 1. The second-order valence-electron chi connectivity index (χ2n) is 8.35. The van der Waals surface area contributed by atoms with Crippen LogP contribution in [0.1, 0.15) is 42.1 Å². The zero-order chi connectivity index (χ0) is 23.3. The van der Waals surface area contributed by atoms with Crippen molar-refractivity contribution in [3.63, 3.8) is 0 Å². The van der Waals surface area contributed by atoms with Crippen LogP contribution in [0.4, 0.5) is 0 Å². The maximum atomic E-state index is 12.7. The van der Waals surface area contributed by atoms with E-state index in [4.69, 9.17) is 9.98 Å². The van der Waals surface area contributed by atoms with E-state index in [-0.39, 0.29) is 29.6 Å². The number of fused-ring (bicyclic) bond motifs is 1. The maximum Gasteiger partial charge on any atom is 0.326 e. The Morgan fingerprint density at radius 2 is 2.15 bits per heavy atom. The van der Waals surface area contributed by atoms with Gasteiger partial charge < -0.3 is 15.0 Å². The molecule has 1 aliphatic carbocycles. The molecule has 1 aliphatic rings. The van der Waals surface area contributed by atoms with Gasteiger partial charge >= 0.3 is 5.69 Å². The fourth-order valence-corrected chi connectivity index (χ4v) is 4.27. The molecule has 1 amide bonds. The minimum absolute atomic E-state index is 0.0320. The van der Waals surface area contributed by atoms with E-state index in [9.17, 15) is 14.7 Å². The highest BCUT2D eigenvalue weighted by atomic mass is 32.1. The highest BCUT2D eigenvalue weighted by Crippen LogP contribution is 2.28. The Labute approximate surface area is 192 Å². The van der Waals surface area contributed by atoms with Gasteiger partial charge in [-0.3, -0.25) is 14.8 Å². The van der Waals surface area contributed by atoms with Crippen LogP contribution in [-0.4, -0.2) is 59.6 Å². The molecule has 1 fully saturated rings. The van der Waals surface area contributed by atoms with E-state index in [1.807, 2.05) is 32.0 Å². The number of hydrogen-bond donors (Lipinski definition) is 3. The highest BCUT2D eigenvalue weighted by molar-refractivity contribution is 7.17. The molecule has 0 bridgehead atoms. The number of nitrogens with one attached hydrogen (secondary N) is 2. The summed E-state index contributed by atoms with van der Waals surface area (Å²) in [7, 11) is 1.79. The van der Waals surface area contributed by atoms with Crippen molar-refractivity contribution >= 4 is 29.0 Å². The summed E-state index contributed by atoms with van der Waals surface area (Å²) in [6.07, 6.45) is 5.30. The molecule has 10 nitrogen and oxygen atoms in total. The second-order valence-corrected chi connectivity index (χ2v) is 9.44. The van der Waals surface area contributed by atoms with Gasteiger partial charge in [0.15, 0.2) is 11.1 Å². The summed E-state index contributed by atoms with van der Waals surface area (Å²) in [6.45, 7) is 3.95. The van der Waals surface area contributed by atoms with Crippen molar-refractivity contribution in [2.75, 3.05) is 7.05 Å². The number of hydrogen-bond acceptors (Lipinski definition) is 7. The van der Waals surface area contributed by atoms with Crippen LogP contribution in [0.25, 0.3) is 22.3 Å². The Bertz CT molecular complexity index is 1540. The second kappa shape index (κ2) is 8.00. The van der Waals surface area contributed by atoms with Gasteiger partial charge in [0.25, 0.3) is 5.91 Å². The molecule has 3 N–H and O–H groups in total. The minimum Gasteiger partial charge on any atom is -0.493 e. The first-order valence-electron chi connectivity index (χ1n) is 10.6. The van der Waals surface area contributed by atoms with Gasteiger partial charge in [-0.2, -0.15) is 9.61 Å². The third kappa shape index (κ3) is 4.07. The molecular weight excluding hydrogens is 442 g/mol. The number of imidazole rings is 1. The van der Waals surface area contributed by atoms with Crippen LogP contribution in [0.5, 0.6) is 5.88 Å². The van der Waals surface area contributed by atoms with E-state index < -0.39 is 5.69 Å². The Morgan fingerprint density at radius 3 is 2.82 bits per heavy atom. The topological polar surface area (TPSA) is 132 Å². The summed E-state index contributed by atoms with van der Waals surface area (Å²) in [6, 6.07) is 5.95. The van der Waals surface area contributed by atoms with Crippen molar-refractivity contribution in [2.24, 2.45) is 4.99 Å². The van der Waals surface area contributed by atoms with Crippen LogP contribution in [-0.2, 0) is 0 Å². The monoisotopic (exact) mass is 465 g/mol. The van der Waals surface area contributed by atoms with E-state index in [1.54, 1.807) is 28.7 Å². The summed E-state index contributed by atoms with van der Waals surface area (Å²) in [4.78, 5) is 41.8. The Hall–Kier alpha value is -3.73. The summed E-state index contributed by atoms with van der Waals surface area (Å²) >= 11 is 1.38. The average molecular weight is 466 g/mol. The van der Waals surface area contributed by atoms with Gasteiger partial charge in [-0.25, -0.2) is 9.78 Å². The normalized spacial score (nSPS) is 15.2. The molecule has 1 saturated carbocycles. The van der Waals surface area contributed by atoms with Gasteiger partial charge in [0.2, 0.25) is 5.88 Å². The van der Waals surface area contributed by atoms with Gasteiger partial charge in [-0.05, 0) is 44.9 Å². The summed E-state index contributed by atoms with van der Waals surface area (Å²) in [5, 5.41) is 15.0. The predicted octanol–water partition coefficient (Wildman–Crippen LogP) is 1.27. The van der Waals surface area contributed by atoms with E-state index in [1.165, 1.54) is 11.3 Å². The quantitative estimate of drug-likeness (QED) is 0.408. The number of thiophene rings is 1. The lowest BCUT2D eigenvalue weighted by Crippen LogP contribution is -2.32. The van der Waals surface area contributed by atoms with E-state index in [0.29, 0.717) is 26.9 Å². The summed E-state index contributed by atoms with van der Waals surface area (Å²) in [5.74, 6) is -0.287. The first-order valence-corrected chi connectivity index (χ1v) is 11.4. The minimum atomic E-state index is -0.504. The first kappa shape index (κ1) is 21.1.